The number of halogens is 2. The lowest BCUT2D eigenvalue weighted by Gasteiger charge is -2.18. The van der Waals surface area contributed by atoms with E-state index >= 15 is 0 Å². The highest BCUT2D eigenvalue weighted by atomic mass is 127. The average Bonchev–Trinajstić information content (AvgIpc) is 2.28. The van der Waals surface area contributed by atoms with Gasteiger partial charge < -0.3 is 9.72 Å². The quantitative estimate of drug-likeness (QED) is 0.562. The SMILES string of the molecule is CC(C)(C)OC(=O)c1cc(I)c(I)[nH]1. The predicted octanol–water partition coefficient (Wildman–Crippen LogP) is 3.18. The summed E-state index contributed by atoms with van der Waals surface area (Å²) in [6.07, 6.45) is 0. The largest absolute Gasteiger partial charge is 0.455 e. The predicted molar refractivity (Wildman–Crippen MR) is 71.4 cm³/mol. The van der Waals surface area contributed by atoms with E-state index in [9.17, 15) is 4.79 Å². The number of esters is 1. The molecule has 78 valence electrons. The van der Waals surface area contributed by atoms with E-state index in [1.165, 1.54) is 0 Å². The maximum absolute atomic E-state index is 11.6. The van der Waals surface area contributed by atoms with Crippen LogP contribution in [0.15, 0.2) is 6.07 Å². The van der Waals surface area contributed by atoms with Crippen molar-refractivity contribution >= 4 is 51.2 Å². The monoisotopic (exact) mass is 419 g/mol. The van der Waals surface area contributed by atoms with Crippen molar-refractivity contribution in [3.63, 3.8) is 0 Å². The van der Waals surface area contributed by atoms with Gasteiger partial charge in [-0.1, -0.05) is 0 Å². The van der Waals surface area contributed by atoms with Gasteiger partial charge in [0, 0.05) is 3.57 Å². The van der Waals surface area contributed by atoms with Crippen LogP contribution in [0.5, 0.6) is 0 Å². The highest BCUT2D eigenvalue weighted by Gasteiger charge is 2.19. The summed E-state index contributed by atoms with van der Waals surface area (Å²) in [5.41, 5.74) is 0.0627. The van der Waals surface area contributed by atoms with Gasteiger partial charge in [-0.2, -0.15) is 0 Å². The van der Waals surface area contributed by atoms with Crippen molar-refractivity contribution in [1.29, 1.82) is 0 Å². The van der Waals surface area contributed by atoms with Crippen LogP contribution >= 0.6 is 45.2 Å². The molecule has 1 rings (SSSR count). The molecule has 1 N–H and O–H groups in total. The van der Waals surface area contributed by atoms with Crippen LogP contribution in [0.1, 0.15) is 31.3 Å². The Bertz CT molecular complexity index is 333. The highest BCUT2D eigenvalue weighted by molar-refractivity contribution is 14.1. The van der Waals surface area contributed by atoms with Gasteiger partial charge in [0.05, 0.1) is 3.70 Å². The third kappa shape index (κ3) is 3.41. The second-order valence-electron chi connectivity index (χ2n) is 3.85. The third-order valence-electron chi connectivity index (χ3n) is 1.34. The maximum Gasteiger partial charge on any atom is 0.355 e. The van der Waals surface area contributed by atoms with Gasteiger partial charge in [0.25, 0.3) is 0 Å². The molecule has 0 aliphatic carbocycles. The fraction of sp³-hybridized carbons (Fsp3) is 0.444. The number of aromatic amines is 1. The number of carbonyl (C=O) groups excluding carboxylic acids is 1. The second-order valence-corrected chi connectivity index (χ2v) is 6.09. The van der Waals surface area contributed by atoms with Crippen molar-refractivity contribution in [2.45, 2.75) is 26.4 Å². The van der Waals surface area contributed by atoms with Crippen molar-refractivity contribution in [1.82, 2.24) is 4.98 Å². The Balaban J connectivity index is 2.80. The van der Waals surface area contributed by atoms with E-state index < -0.39 is 5.60 Å². The zero-order valence-electron chi connectivity index (χ0n) is 8.15. The van der Waals surface area contributed by atoms with Crippen LogP contribution in [0.3, 0.4) is 0 Å². The molecule has 0 aliphatic heterocycles. The van der Waals surface area contributed by atoms with Crippen LogP contribution in [0, 0.1) is 7.27 Å². The highest BCUT2D eigenvalue weighted by Crippen LogP contribution is 2.18. The second kappa shape index (κ2) is 4.38. The van der Waals surface area contributed by atoms with Gasteiger partial charge >= 0.3 is 5.97 Å². The summed E-state index contributed by atoms with van der Waals surface area (Å²) < 4.78 is 7.21. The third-order valence-corrected chi connectivity index (χ3v) is 4.08. The molecule has 0 spiro atoms. The first-order valence-electron chi connectivity index (χ1n) is 4.07. The molecule has 3 nitrogen and oxygen atoms in total. The molecule has 1 heterocycles. The fourth-order valence-electron chi connectivity index (χ4n) is 0.847. The minimum atomic E-state index is -0.445. The van der Waals surface area contributed by atoms with Gasteiger partial charge in [-0.05, 0) is 72.0 Å². The number of aromatic nitrogens is 1. The molecule has 0 radical (unpaired) electrons. The molecule has 0 saturated heterocycles. The Morgan fingerprint density at radius 1 is 1.43 bits per heavy atom. The first-order valence-corrected chi connectivity index (χ1v) is 6.23. The number of nitrogens with one attached hydrogen (secondary N) is 1. The van der Waals surface area contributed by atoms with Crippen molar-refractivity contribution < 1.29 is 9.53 Å². The summed E-state index contributed by atoms with van der Waals surface area (Å²) in [6.45, 7) is 5.55. The summed E-state index contributed by atoms with van der Waals surface area (Å²) in [7, 11) is 0. The normalized spacial score (nSPS) is 11.5. The van der Waals surface area contributed by atoms with E-state index in [1.807, 2.05) is 20.8 Å². The topological polar surface area (TPSA) is 42.1 Å². The molecule has 0 bridgehead atoms. The lowest BCUT2D eigenvalue weighted by atomic mass is 10.2. The van der Waals surface area contributed by atoms with Gasteiger partial charge in [0.2, 0.25) is 0 Å². The van der Waals surface area contributed by atoms with E-state index in [4.69, 9.17) is 4.74 Å². The molecule has 0 aromatic carbocycles. The lowest BCUT2D eigenvalue weighted by molar-refractivity contribution is 0.00635. The van der Waals surface area contributed by atoms with Crippen LogP contribution in [0.25, 0.3) is 0 Å². The first-order chi connectivity index (χ1) is 6.29. The van der Waals surface area contributed by atoms with E-state index in [1.54, 1.807) is 6.07 Å². The number of carbonyl (C=O) groups is 1. The Kier molecular flexibility index (Phi) is 3.84. The fourth-order valence-corrected chi connectivity index (χ4v) is 1.74. The van der Waals surface area contributed by atoms with Gasteiger partial charge in [0.1, 0.15) is 11.3 Å². The maximum atomic E-state index is 11.6. The van der Waals surface area contributed by atoms with Crippen LogP contribution in [0.2, 0.25) is 0 Å². The number of hydrogen-bond acceptors (Lipinski definition) is 2. The summed E-state index contributed by atoms with van der Waals surface area (Å²) in [4.78, 5) is 14.5. The summed E-state index contributed by atoms with van der Waals surface area (Å²) in [5, 5.41) is 0. The van der Waals surface area contributed by atoms with Crippen molar-refractivity contribution in [2.75, 3.05) is 0 Å². The van der Waals surface area contributed by atoms with Gasteiger partial charge in [-0.3, -0.25) is 0 Å². The number of rotatable bonds is 1. The number of ether oxygens (including phenoxy) is 1. The van der Waals surface area contributed by atoms with Gasteiger partial charge in [-0.25, -0.2) is 4.79 Å². The van der Waals surface area contributed by atoms with E-state index in [2.05, 4.69) is 50.2 Å². The molecule has 0 fully saturated rings. The number of H-pyrrole nitrogens is 1. The smallest absolute Gasteiger partial charge is 0.355 e. The van der Waals surface area contributed by atoms with Crippen LogP contribution in [-0.4, -0.2) is 16.6 Å². The Labute approximate surface area is 110 Å². The zero-order chi connectivity index (χ0) is 10.9. The molecule has 0 atom stereocenters. The molecule has 0 aliphatic rings. The molecule has 0 amide bonds. The molecular weight excluding hydrogens is 408 g/mol. The Morgan fingerprint density at radius 2 is 2.00 bits per heavy atom. The molecule has 0 unspecified atom stereocenters. The van der Waals surface area contributed by atoms with Crippen molar-refractivity contribution in [3.8, 4) is 0 Å². The van der Waals surface area contributed by atoms with E-state index in [-0.39, 0.29) is 5.97 Å². The molecule has 1 aromatic heterocycles. The minimum absolute atomic E-state index is 0.307. The zero-order valence-corrected chi connectivity index (χ0v) is 12.5. The van der Waals surface area contributed by atoms with Crippen molar-refractivity contribution in [2.24, 2.45) is 0 Å². The molecular formula is C9H11I2NO2. The first kappa shape index (κ1) is 12.3. The van der Waals surface area contributed by atoms with Gasteiger partial charge in [0.15, 0.2) is 0 Å². The summed E-state index contributed by atoms with van der Waals surface area (Å²) in [5.74, 6) is -0.307. The summed E-state index contributed by atoms with van der Waals surface area (Å²) >= 11 is 4.31. The van der Waals surface area contributed by atoms with Crippen LogP contribution < -0.4 is 0 Å². The van der Waals surface area contributed by atoms with Crippen LogP contribution in [-0.2, 0) is 4.74 Å². The number of hydrogen-bond donors (Lipinski definition) is 1. The Hall–Kier alpha value is 0.210. The van der Waals surface area contributed by atoms with Crippen LogP contribution in [0.4, 0.5) is 0 Å². The standard InChI is InChI=1S/C9H11I2NO2/c1-9(2,3)14-8(13)6-4-5(10)7(11)12-6/h4,12H,1-3H3. The van der Waals surface area contributed by atoms with Crippen molar-refractivity contribution in [3.05, 3.63) is 19.0 Å². The van der Waals surface area contributed by atoms with Gasteiger partial charge in [-0.15, -0.1) is 0 Å². The van der Waals surface area contributed by atoms with E-state index in [0.717, 1.165) is 7.27 Å². The molecule has 5 heteroatoms. The molecule has 1 aromatic rings. The molecule has 14 heavy (non-hydrogen) atoms. The summed E-state index contributed by atoms with van der Waals surface area (Å²) in [6, 6.07) is 1.79. The molecule has 0 saturated carbocycles. The lowest BCUT2D eigenvalue weighted by Crippen LogP contribution is -2.24. The Morgan fingerprint density at radius 3 is 2.36 bits per heavy atom. The van der Waals surface area contributed by atoms with E-state index in [0.29, 0.717) is 5.69 Å². The minimum Gasteiger partial charge on any atom is -0.455 e. The average molecular weight is 419 g/mol.